The van der Waals surface area contributed by atoms with Crippen molar-refractivity contribution in [1.82, 2.24) is 4.90 Å². The summed E-state index contributed by atoms with van der Waals surface area (Å²) in [5.41, 5.74) is 5.69. The van der Waals surface area contributed by atoms with Crippen LogP contribution in [0.4, 0.5) is 0 Å². The molecule has 1 heterocycles. The Morgan fingerprint density at radius 1 is 1.67 bits per heavy atom. The normalized spacial score (nSPS) is 33.0. The maximum atomic E-state index is 5.69. The zero-order chi connectivity index (χ0) is 6.85. The minimum Gasteiger partial charge on any atom is -0.316 e. The summed E-state index contributed by atoms with van der Waals surface area (Å²) in [5.74, 6) is 0.857. The highest BCUT2D eigenvalue weighted by molar-refractivity contribution is 4.73. The van der Waals surface area contributed by atoms with Crippen LogP contribution in [0.3, 0.4) is 0 Å². The Morgan fingerprint density at radius 3 is 2.56 bits per heavy atom. The fourth-order valence-electron chi connectivity index (χ4n) is 1.34. The van der Waals surface area contributed by atoms with Gasteiger partial charge in [-0.3, -0.25) is 4.90 Å². The molecule has 1 rings (SSSR count). The van der Waals surface area contributed by atoms with E-state index in [4.69, 9.17) is 5.73 Å². The Hall–Kier alpha value is -0.0800. The highest BCUT2D eigenvalue weighted by Crippen LogP contribution is 2.15. The molecule has 0 amide bonds. The van der Waals surface area contributed by atoms with Crippen LogP contribution in [0, 0.1) is 5.92 Å². The molecule has 2 unspecified atom stereocenters. The van der Waals surface area contributed by atoms with E-state index in [0.29, 0.717) is 0 Å². The van der Waals surface area contributed by atoms with Crippen molar-refractivity contribution in [2.24, 2.45) is 11.7 Å². The molecule has 1 fully saturated rings. The zero-order valence-electron chi connectivity index (χ0n) is 6.30. The highest BCUT2D eigenvalue weighted by atomic mass is 15.2. The lowest BCUT2D eigenvalue weighted by molar-refractivity contribution is 0.257. The maximum absolute atomic E-state index is 5.69. The van der Waals surface area contributed by atoms with Gasteiger partial charge in [-0.2, -0.15) is 0 Å². The molecule has 0 spiro atoms. The van der Waals surface area contributed by atoms with Gasteiger partial charge in [0.2, 0.25) is 0 Å². The van der Waals surface area contributed by atoms with Gasteiger partial charge in [-0.15, -0.1) is 0 Å². The first-order valence-corrected chi connectivity index (χ1v) is 3.70. The third kappa shape index (κ3) is 1.66. The number of rotatable bonds is 1. The van der Waals surface area contributed by atoms with E-state index < -0.39 is 0 Å². The standard InChI is InChI=1S/C7H16N2/c1-6-3-4-9(5-6)7(2)8/h6-7H,3-5,8H2,1-2H3. The molecular weight excluding hydrogens is 112 g/mol. The highest BCUT2D eigenvalue weighted by Gasteiger charge is 2.20. The minimum absolute atomic E-state index is 0.259. The molecule has 0 aromatic carbocycles. The second-order valence-corrected chi connectivity index (χ2v) is 3.13. The van der Waals surface area contributed by atoms with Gasteiger partial charge in [-0.1, -0.05) is 6.92 Å². The molecule has 2 N–H and O–H groups in total. The van der Waals surface area contributed by atoms with E-state index in [-0.39, 0.29) is 6.17 Å². The van der Waals surface area contributed by atoms with Crippen molar-refractivity contribution in [3.05, 3.63) is 0 Å². The van der Waals surface area contributed by atoms with E-state index in [2.05, 4.69) is 18.7 Å². The van der Waals surface area contributed by atoms with Crippen LogP contribution < -0.4 is 5.73 Å². The number of hydrogen-bond acceptors (Lipinski definition) is 2. The quantitative estimate of drug-likeness (QED) is 0.561. The first-order chi connectivity index (χ1) is 4.20. The van der Waals surface area contributed by atoms with Gasteiger partial charge in [0, 0.05) is 6.54 Å². The predicted molar refractivity (Wildman–Crippen MR) is 39.0 cm³/mol. The van der Waals surface area contributed by atoms with Crippen LogP contribution in [0.25, 0.3) is 0 Å². The van der Waals surface area contributed by atoms with E-state index in [9.17, 15) is 0 Å². The summed E-state index contributed by atoms with van der Waals surface area (Å²) in [4.78, 5) is 2.32. The van der Waals surface area contributed by atoms with E-state index >= 15 is 0 Å². The SMILES string of the molecule is CC1CCN(C(C)N)C1. The molecule has 9 heavy (non-hydrogen) atoms. The average molecular weight is 128 g/mol. The molecule has 2 heteroatoms. The van der Waals surface area contributed by atoms with Crippen molar-refractivity contribution in [2.75, 3.05) is 13.1 Å². The summed E-state index contributed by atoms with van der Waals surface area (Å²) in [6, 6.07) is 0. The summed E-state index contributed by atoms with van der Waals surface area (Å²) < 4.78 is 0. The molecule has 0 aromatic heterocycles. The molecular formula is C7H16N2. The van der Waals surface area contributed by atoms with E-state index in [1.807, 2.05) is 0 Å². The zero-order valence-corrected chi connectivity index (χ0v) is 6.30. The maximum Gasteiger partial charge on any atom is 0.0542 e. The average Bonchev–Trinajstić information content (AvgIpc) is 2.14. The van der Waals surface area contributed by atoms with Gasteiger partial charge in [0.25, 0.3) is 0 Å². The molecule has 1 aliphatic rings. The Labute approximate surface area is 57.0 Å². The molecule has 0 aliphatic carbocycles. The van der Waals surface area contributed by atoms with Crippen molar-refractivity contribution in [2.45, 2.75) is 26.4 Å². The van der Waals surface area contributed by atoms with Crippen LogP contribution in [0.1, 0.15) is 20.3 Å². The molecule has 0 radical (unpaired) electrons. The van der Waals surface area contributed by atoms with Crippen LogP contribution in [0.15, 0.2) is 0 Å². The molecule has 0 saturated carbocycles. The topological polar surface area (TPSA) is 29.3 Å². The van der Waals surface area contributed by atoms with Gasteiger partial charge in [-0.05, 0) is 25.8 Å². The first kappa shape index (κ1) is 7.03. The summed E-state index contributed by atoms with van der Waals surface area (Å²) in [6.45, 7) is 6.72. The Morgan fingerprint density at radius 2 is 2.33 bits per heavy atom. The van der Waals surface area contributed by atoms with Gasteiger partial charge >= 0.3 is 0 Å². The van der Waals surface area contributed by atoms with E-state index in [1.165, 1.54) is 19.5 Å². The summed E-state index contributed by atoms with van der Waals surface area (Å²) >= 11 is 0. The summed E-state index contributed by atoms with van der Waals surface area (Å²) in [7, 11) is 0. The Kier molecular flexibility index (Phi) is 2.09. The number of likely N-dealkylation sites (tertiary alicyclic amines) is 1. The monoisotopic (exact) mass is 128 g/mol. The van der Waals surface area contributed by atoms with Crippen LogP contribution in [0.5, 0.6) is 0 Å². The first-order valence-electron chi connectivity index (χ1n) is 3.70. The second kappa shape index (κ2) is 2.67. The Balaban J connectivity index is 2.30. The molecule has 0 bridgehead atoms. The van der Waals surface area contributed by atoms with Gasteiger partial charge in [0.05, 0.1) is 6.17 Å². The molecule has 0 aromatic rings. The predicted octanol–water partition coefficient (Wildman–Crippen LogP) is 0.633. The van der Waals surface area contributed by atoms with Crippen molar-refractivity contribution in [1.29, 1.82) is 0 Å². The molecule has 1 saturated heterocycles. The lowest BCUT2D eigenvalue weighted by Gasteiger charge is -2.19. The molecule has 1 aliphatic heterocycles. The fourth-order valence-corrected chi connectivity index (χ4v) is 1.34. The van der Waals surface area contributed by atoms with Crippen molar-refractivity contribution >= 4 is 0 Å². The van der Waals surface area contributed by atoms with Gasteiger partial charge in [-0.25, -0.2) is 0 Å². The lowest BCUT2D eigenvalue weighted by atomic mass is 10.2. The largest absolute Gasteiger partial charge is 0.316 e. The smallest absolute Gasteiger partial charge is 0.0542 e. The molecule has 2 atom stereocenters. The lowest BCUT2D eigenvalue weighted by Crippen LogP contribution is -2.37. The number of nitrogens with two attached hydrogens (primary N) is 1. The van der Waals surface area contributed by atoms with E-state index in [0.717, 1.165) is 5.92 Å². The second-order valence-electron chi connectivity index (χ2n) is 3.13. The summed E-state index contributed by atoms with van der Waals surface area (Å²) in [6.07, 6.45) is 1.58. The summed E-state index contributed by atoms with van der Waals surface area (Å²) in [5, 5.41) is 0. The molecule has 2 nitrogen and oxygen atoms in total. The molecule has 54 valence electrons. The minimum atomic E-state index is 0.259. The fraction of sp³-hybridized carbons (Fsp3) is 1.00. The van der Waals surface area contributed by atoms with E-state index in [1.54, 1.807) is 0 Å². The Bertz CT molecular complexity index is 90.9. The van der Waals surface area contributed by atoms with Crippen molar-refractivity contribution in [3.8, 4) is 0 Å². The van der Waals surface area contributed by atoms with Gasteiger partial charge < -0.3 is 5.73 Å². The third-order valence-corrected chi connectivity index (χ3v) is 2.03. The van der Waals surface area contributed by atoms with Gasteiger partial charge in [0.15, 0.2) is 0 Å². The number of hydrogen-bond donors (Lipinski definition) is 1. The van der Waals surface area contributed by atoms with Crippen molar-refractivity contribution < 1.29 is 0 Å². The van der Waals surface area contributed by atoms with Crippen LogP contribution in [0.2, 0.25) is 0 Å². The van der Waals surface area contributed by atoms with Gasteiger partial charge in [0.1, 0.15) is 0 Å². The van der Waals surface area contributed by atoms with Crippen LogP contribution in [-0.2, 0) is 0 Å². The van der Waals surface area contributed by atoms with Crippen LogP contribution in [-0.4, -0.2) is 24.2 Å². The van der Waals surface area contributed by atoms with Crippen molar-refractivity contribution in [3.63, 3.8) is 0 Å². The third-order valence-electron chi connectivity index (χ3n) is 2.03. The number of nitrogens with zero attached hydrogens (tertiary/aromatic N) is 1. The van der Waals surface area contributed by atoms with Crippen LogP contribution >= 0.6 is 0 Å².